The molecule has 1 N–H and O–H groups in total. The fourth-order valence-electron chi connectivity index (χ4n) is 2.90. The molecule has 4 aromatic rings. The zero-order chi connectivity index (χ0) is 16.5. The molecule has 0 saturated heterocycles. The van der Waals surface area contributed by atoms with Gasteiger partial charge in [0.2, 0.25) is 0 Å². The lowest BCUT2D eigenvalue weighted by Crippen LogP contribution is -2.03. The van der Waals surface area contributed by atoms with Gasteiger partial charge in [-0.15, -0.1) is 0 Å². The number of methoxy groups -OCH3 is 1. The summed E-state index contributed by atoms with van der Waals surface area (Å²) in [6.45, 7) is 3.12. The number of aryl methyl sites for hydroxylation is 1. The fraction of sp³-hybridized carbons (Fsp3) is 0.222. The van der Waals surface area contributed by atoms with Gasteiger partial charge in [-0.3, -0.25) is 4.40 Å². The molecule has 3 aromatic heterocycles. The fourth-order valence-corrected chi connectivity index (χ4v) is 2.90. The van der Waals surface area contributed by atoms with Crippen molar-refractivity contribution in [3.8, 4) is 17.0 Å². The average Bonchev–Trinajstić information content (AvgIpc) is 3.22. The lowest BCUT2D eigenvalue weighted by molar-refractivity contribution is 0.146. The largest absolute Gasteiger partial charge is 0.491 e. The second-order valence-electron chi connectivity index (χ2n) is 5.59. The predicted octanol–water partition coefficient (Wildman–Crippen LogP) is 3.21. The van der Waals surface area contributed by atoms with Crippen molar-refractivity contribution < 1.29 is 9.47 Å². The quantitative estimate of drug-likeness (QED) is 0.573. The first-order valence-electron chi connectivity index (χ1n) is 7.81. The van der Waals surface area contributed by atoms with E-state index >= 15 is 0 Å². The number of rotatable bonds is 5. The summed E-state index contributed by atoms with van der Waals surface area (Å²) < 4.78 is 12.7. The third kappa shape index (κ3) is 2.41. The minimum atomic E-state index is 0.539. The number of aromatic nitrogens is 4. The Balaban J connectivity index is 1.74. The molecule has 0 aliphatic carbocycles. The number of nitrogens with one attached hydrogen (secondary N) is 1. The van der Waals surface area contributed by atoms with Crippen LogP contribution in [0.1, 0.15) is 5.69 Å². The highest BCUT2D eigenvalue weighted by atomic mass is 16.5. The maximum atomic E-state index is 5.61. The van der Waals surface area contributed by atoms with Crippen molar-refractivity contribution in [1.82, 2.24) is 19.4 Å². The molecular weight excluding hydrogens is 304 g/mol. The summed E-state index contributed by atoms with van der Waals surface area (Å²) in [5.41, 5.74) is 5.82. The Hall–Kier alpha value is -2.86. The predicted molar refractivity (Wildman–Crippen MR) is 92.4 cm³/mol. The van der Waals surface area contributed by atoms with E-state index in [4.69, 9.17) is 9.47 Å². The van der Waals surface area contributed by atoms with Crippen molar-refractivity contribution in [1.29, 1.82) is 0 Å². The Labute approximate surface area is 139 Å². The van der Waals surface area contributed by atoms with Crippen molar-refractivity contribution in [3.05, 3.63) is 48.5 Å². The average molecular weight is 322 g/mol. The second kappa shape index (κ2) is 5.98. The van der Waals surface area contributed by atoms with Crippen molar-refractivity contribution in [2.45, 2.75) is 6.92 Å². The van der Waals surface area contributed by atoms with Gasteiger partial charge in [-0.05, 0) is 37.3 Å². The molecule has 0 saturated carbocycles. The molecule has 6 heteroatoms. The van der Waals surface area contributed by atoms with Crippen LogP contribution in [-0.4, -0.2) is 39.7 Å². The van der Waals surface area contributed by atoms with Gasteiger partial charge in [-0.25, -0.2) is 9.97 Å². The second-order valence-corrected chi connectivity index (χ2v) is 5.59. The first-order valence-corrected chi connectivity index (χ1v) is 7.81. The van der Waals surface area contributed by atoms with E-state index in [-0.39, 0.29) is 0 Å². The van der Waals surface area contributed by atoms with Crippen LogP contribution in [0.15, 0.2) is 42.9 Å². The minimum Gasteiger partial charge on any atom is -0.491 e. The van der Waals surface area contributed by atoms with E-state index in [0.717, 1.165) is 39.4 Å². The Morgan fingerprint density at radius 2 is 1.96 bits per heavy atom. The van der Waals surface area contributed by atoms with E-state index in [0.29, 0.717) is 13.2 Å². The highest BCUT2D eigenvalue weighted by Gasteiger charge is 2.13. The van der Waals surface area contributed by atoms with Gasteiger partial charge in [0, 0.05) is 18.9 Å². The monoisotopic (exact) mass is 322 g/mol. The third-order valence-electron chi connectivity index (χ3n) is 4.04. The first-order chi connectivity index (χ1) is 11.8. The molecule has 0 spiro atoms. The zero-order valence-electron chi connectivity index (χ0n) is 13.6. The maximum absolute atomic E-state index is 5.61. The molecule has 0 radical (unpaired) electrons. The van der Waals surface area contributed by atoms with Crippen LogP contribution in [0.5, 0.6) is 5.75 Å². The number of aromatic amines is 1. The lowest BCUT2D eigenvalue weighted by atomic mass is 10.1. The molecule has 0 bridgehead atoms. The standard InChI is InChI=1S/C18H18N4O2/c1-12-17-16(13-3-5-14(6-4-13)24-10-9-23-2)20-11-22(17)15-7-8-19-18(15)21-12/h3-8,11,19H,9-10H2,1-2H3. The number of hydrogen-bond acceptors (Lipinski definition) is 4. The zero-order valence-corrected chi connectivity index (χ0v) is 13.6. The van der Waals surface area contributed by atoms with Crippen LogP contribution in [0.4, 0.5) is 0 Å². The van der Waals surface area contributed by atoms with E-state index in [1.807, 2.05) is 49.8 Å². The third-order valence-corrected chi connectivity index (χ3v) is 4.04. The summed E-state index contributed by atoms with van der Waals surface area (Å²) in [6.07, 6.45) is 3.74. The van der Waals surface area contributed by atoms with Gasteiger partial charge >= 0.3 is 0 Å². The molecule has 0 amide bonds. The van der Waals surface area contributed by atoms with Crippen molar-refractivity contribution in [3.63, 3.8) is 0 Å². The van der Waals surface area contributed by atoms with Crippen LogP contribution >= 0.6 is 0 Å². The molecule has 0 aliphatic rings. The van der Waals surface area contributed by atoms with Gasteiger partial charge in [0.05, 0.1) is 29.0 Å². The van der Waals surface area contributed by atoms with Crippen molar-refractivity contribution >= 4 is 16.7 Å². The molecule has 4 rings (SSSR count). The number of H-pyrrole nitrogens is 1. The van der Waals surface area contributed by atoms with Crippen LogP contribution in [0, 0.1) is 6.92 Å². The van der Waals surface area contributed by atoms with Crippen LogP contribution < -0.4 is 4.74 Å². The molecule has 3 heterocycles. The number of imidazole rings is 1. The van der Waals surface area contributed by atoms with Gasteiger partial charge in [0.25, 0.3) is 0 Å². The van der Waals surface area contributed by atoms with E-state index < -0.39 is 0 Å². The topological polar surface area (TPSA) is 64.4 Å². The Kier molecular flexibility index (Phi) is 3.66. The highest BCUT2D eigenvalue weighted by Crippen LogP contribution is 2.28. The van der Waals surface area contributed by atoms with Gasteiger partial charge < -0.3 is 14.5 Å². The molecular formula is C18H18N4O2. The number of hydrogen-bond donors (Lipinski definition) is 1. The molecule has 0 aliphatic heterocycles. The van der Waals surface area contributed by atoms with E-state index in [2.05, 4.69) is 19.4 Å². The number of fused-ring (bicyclic) bond motifs is 3. The van der Waals surface area contributed by atoms with Crippen molar-refractivity contribution in [2.75, 3.05) is 20.3 Å². The van der Waals surface area contributed by atoms with Crippen LogP contribution in [0.25, 0.3) is 27.9 Å². The maximum Gasteiger partial charge on any atom is 0.154 e. The molecule has 0 atom stereocenters. The van der Waals surface area contributed by atoms with Crippen molar-refractivity contribution in [2.24, 2.45) is 0 Å². The lowest BCUT2D eigenvalue weighted by Gasteiger charge is -2.07. The Bertz CT molecular complexity index is 986. The van der Waals surface area contributed by atoms with Crippen LogP contribution in [0.2, 0.25) is 0 Å². The summed E-state index contributed by atoms with van der Waals surface area (Å²) >= 11 is 0. The normalized spacial score (nSPS) is 11.4. The van der Waals surface area contributed by atoms with E-state index in [9.17, 15) is 0 Å². The van der Waals surface area contributed by atoms with Crippen LogP contribution in [-0.2, 0) is 4.74 Å². The summed E-state index contributed by atoms with van der Waals surface area (Å²) in [7, 11) is 1.66. The minimum absolute atomic E-state index is 0.539. The number of ether oxygens (including phenoxy) is 2. The molecule has 0 fully saturated rings. The van der Waals surface area contributed by atoms with E-state index in [1.54, 1.807) is 7.11 Å². The van der Waals surface area contributed by atoms with Gasteiger partial charge in [0.1, 0.15) is 18.7 Å². The smallest absolute Gasteiger partial charge is 0.154 e. The summed E-state index contributed by atoms with van der Waals surface area (Å²) in [6, 6.07) is 9.95. The van der Waals surface area contributed by atoms with Gasteiger partial charge in [-0.2, -0.15) is 0 Å². The summed E-state index contributed by atoms with van der Waals surface area (Å²) in [5, 5.41) is 0. The SMILES string of the molecule is COCCOc1ccc(-c2ncn3c2c(C)nc2[nH]ccc23)cc1. The summed E-state index contributed by atoms with van der Waals surface area (Å²) in [4.78, 5) is 12.4. The Morgan fingerprint density at radius 1 is 1.12 bits per heavy atom. The van der Waals surface area contributed by atoms with Gasteiger partial charge in [-0.1, -0.05) is 0 Å². The molecule has 0 unspecified atom stereocenters. The molecule has 6 nitrogen and oxygen atoms in total. The van der Waals surface area contributed by atoms with E-state index in [1.165, 1.54) is 0 Å². The first kappa shape index (κ1) is 14.7. The number of benzene rings is 1. The number of nitrogens with zero attached hydrogens (tertiary/aromatic N) is 3. The molecule has 24 heavy (non-hydrogen) atoms. The summed E-state index contributed by atoms with van der Waals surface area (Å²) in [5.74, 6) is 0.821. The highest BCUT2D eigenvalue weighted by molar-refractivity contribution is 5.85. The Morgan fingerprint density at radius 3 is 2.75 bits per heavy atom. The van der Waals surface area contributed by atoms with Gasteiger partial charge in [0.15, 0.2) is 5.65 Å². The molecule has 1 aromatic carbocycles. The van der Waals surface area contributed by atoms with Crippen LogP contribution in [0.3, 0.4) is 0 Å². The molecule has 122 valence electrons.